The summed E-state index contributed by atoms with van der Waals surface area (Å²) >= 11 is 0. The number of nitrogens with zero attached hydrogens (tertiary/aromatic N) is 5. The van der Waals surface area contributed by atoms with E-state index < -0.39 is 0 Å². The summed E-state index contributed by atoms with van der Waals surface area (Å²) in [6.07, 6.45) is 6.88. The lowest BCUT2D eigenvalue weighted by molar-refractivity contribution is -0.125. The highest BCUT2D eigenvalue weighted by atomic mass is 16.5. The second kappa shape index (κ2) is 10.6. The molecule has 1 aliphatic rings. The van der Waals surface area contributed by atoms with Crippen LogP contribution in [0.15, 0.2) is 55.1 Å². The van der Waals surface area contributed by atoms with Crippen molar-refractivity contribution in [1.29, 1.82) is 0 Å². The van der Waals surface area contributed by atoms with Gasteiger partial charge in [-0.05, 0) is 50.1 Å². The predicted molar refractivity (Wildman–Crippen MR) is 120 cm³/mol. The number of aromatic nitrogens is 4. The first-order chi connectivity index (χ1) is 15.7. The Morgan fingerprint density at radius 2 is 1.94 bits per heavy atom. The Balaban J connectivity index is 1.25. The van der Waals surface area contributed by atoms with E-state index in [1.54, 1.807) is 10.9 Å². The van der Waals surface area contributed by atoms with Crippen molar-refractivity contribution in [3.05, 3.63) is 55.1 Å². The van der Waals surface area contributed by atoms with Crippen molar-refractivity contribution in [3.63, 3.8) is 0 Å². The molecule has 0 aliphatic carbocycles. The number of carbonyl (C=O) groups is 1. The zero-order valence-corrected chi connectivity index (χ0v) is 18.2. The lowest BCUT2D eigenvalue weighted by Gasteiger charge is -2.32. The zero-order chi connectivity index (χ0) is 22.2. The van der Waals surface area contributed by atoms with Crippen molar-refractivity contribution in [2.45, 2.75) is 19.8 Å². The summed E-state index contributed by atoms with van der Waals surface area (Å²) in [5, 5.41) is 7.22. The second-order valence-electron chi connectivity index (χ2n) is 7.51. The van der Waals surface area contributed by atoms with Crippen molar-refractivity contribution >= 4 is 11.7 Å². The van der Waals surface area contributed by atoms with Crippen LogP contribution in [0.5, 0.6) is 11.5 Å². The minimum Gasteiger partial charge on any atom is -0.494 e. The normalized spacial score (nSPS) is 15.9. The third kappa shape index (κ3) is 5.54. The maximum absolute atomic E-state index is 12.7. The molecule has 0 saturated carbocycles. The Hall–Kier alpha value is -3.62. The van der Waals surface area contributed by atoms with Crippen LogP contribution < -0.4 is 19.7 Å². The molecule has 1 atom stereocenters. The molecular weight excluding hydrogens is 408 g/mol. The van der Waals surface area contributed by atoms with Crippen molar-refractivity contribution in [2.75, 3.05) is 37.7 Å². The minimum absolute atomic E-state index is 0.0475. The quantitative estimate of drug-likeness (QED) is 0.515. The SMILES string of the molecule is CCOc1ccc(OCCNC(=O)C2CCCN(c3cc(-n4cccn4)ncn3)C2)cc1. The molecule has 9 nitrogen and oxygen atoms in total. The van der Waals surface area contributed by atoms with Crippen LogP contribution in [0.4, 0.5) is 5.82 Å². The molecule has 32 heavy (non-hydrogen) atoms. The molecule has 168 valence electrons. The van der Waals surface area contributed by atoms with Gasteiger partial charge >= 0.3 is 0 Å². The van der Waals surface area contributed by atoms with E-state index in [-0.39, 0.29) is 11.8 Å². The fraction of sp³-hybridized carbons (Fsp3) is 0.391. The zero-order valence-electron chi connectivity index (χ0n) is 18.2. The van der Waals surface area contributed by atoms with E-state index in [9.17, 15) is 4.79 Å². The standard InChI is InChI=1S/C23H28N6O3/c1-2-31-19-6-8-20(9-7-19)32-14-11-24-23(30)18-5-3-12-28(16-18)21-15-22(26-17-25-21)29-13-4-10-27-29/h4,6-10,13,15,17-18H,2-3,5,11-12,14,16H2,1H3,(H,24,30). The third-order valence-corrected chi connectivity index (χ3v) is 5.30. The smallest absolute Gasteiger partial charge is 0.225 e. The van der Waals surface area contributed by atoms with Crippen LogP contribution in [0, 0.1) is 5.92 Å². The van der Waals surface area contributed by atoms with Crippen LogP contribution in [0.3, 0.4) is 0 Å². The lowest BCUT2D eigenvalue weighted by Crippen LogP contribution is -2.44. The van der Waals surface area contributed by atoms with Gasteiger partial charge in [-0.15, -0.1) is 0 Å². The highest BCUT2D eigenvalue weighted by Gasteiger charge is 2.26. The van der Waals surface area contributed by atoms with Gasteiger partial charge in [0.1, 0.15) is 30.3 Å². The number of rotatable bonds is 9. The number of amides is 1. The largest absolute Gasteiger partial charge is 0.494 e. The topological polar surface area (TPSA) is 94.4 Å². The number of hydrogen-bond acceptors (Lipinski definition) is 7. The van der Waals surface area contributed by atoms with Gasteiger partial charge in [-0.2, -0.15) is 5.10 Å². The van der Waals surface area contributed by atoms with Crippen LogP contribution in [-0.4, -0.2) is 58.5 Å². The Labute approximate surface area is 187 Å². The summed E-state index contributed by atoms with van der Waals surface area (Å²) in [6.45, 7) is 4.94. The lowest BCUT2D eigenvalue weighted by atomic mass is 9.97. The molecule has 4 rings (SSSR count). The van der Waals surface area contributed by atoms with E-state index in [4.69, 9.17) is 9.47 Å². The fourth-order valence-corrected chi connectivity index (χ4v) is 3.73. The maximum atomic E-state index is 12.7. The molecule has 3 aromatic rings. The van der Waals surface area contributed by atoms with Crippen LogP contribution in [0.1, 0.15) is 19.8 Å². The molecule has 1 unspecified atom stereocenters. The van der Waals surface area contributed by atoms with Crippen LogP contribution >= 0.6 is 0 Å². The van der Waals surface area contributed by atoms with Crippen LogP contribution in [0.2, 0.25) is 0 Å². The van der Waals surface area contributed by atoms with E-state index in [2.05, 4.69) is 25.3 Å². The Morgan fingerprint density at radius 1 is 1.16 bits per heavy atom. The second-order valence-corrected chi connectivity index (χ2v) is 7.51. The van der Waals surface area contributed by atoms with E-state index in [0.717, 1.165) is 36.7 Å². The van der Waals surface area contributed by atoms with Gasteiger partial charge in [-0.1, -0.05) is 0 Å². The van der Waals surface area contributed by atoms with Gasteiger partial charge in [0.05, 0.1) is 19.1 Å². The number of piperidine rings is 1. The van der Waals surface area contributed by atoms with Crippen LogP contribution in [0.25, 0.3) is 5.82 Å². The Kier molecular flexibility index (Phi) is 7.16. The van der Waals surface area contributed by atoms with Gasteiger partial charge in [0, 0.05) is 31.5 Å². The molecule has 2 aromatic heterocycles. The number of carbonyl (C=O) groups excluding carboxylic acids is 1. The number of benzene rings is 1. The molecular formula is C23H28N6O3. The summed E-state index contributed by atoms with van der Waals surface area (Å²) in [5.74, 6) is 3.04. The molecule has 1 N–H and O–H groups in total. The molecule has 3 heterocycles. The molecule has 0 spiro atoms. The third-order valence-electron chi connectivity index (χ3n) is 5.30. The number of anilines is 1. The molecule has 9 heteroatoms. The van der Waals surface area contributed by atoms with Crippen molar-refractivity contribution < 1.29 is 14.3 Å². The van der Waals surface area contributed by atoms with Crippen molar-refractivity contribution in [3.8, 4) is 17.3 Å². The maximum Gasteiger partial charge on any atom is 0.225 e. The summed E-state index contributed by atoms with van der Waals surface area (Å²) < 4.78 is 12.8. The van der Waals surface area contributed by atoms with Gasteiger partial charge in [0.15, 0.2) is 5.82 Å². The number of hydrogen-bond donors (Lipinski definition) is 1. The van der Waals surface area contributed by atoms with Gasteiger partial charge < -0.3 is 19.7 Å². The average molecular weight is 437 g/mol. The summed E-state index contributed by atoms with van der Waals surface area (Å²) in [7, 11) is 0. The molecule has 0 radical (unpaired) electrons. The molecule has 1 saturated heterocycles. The predicted octanol–water partition coefficient (Wildman–Crippen LogP) is 2.47. The molecule has 0 bridgehead atoms. The minimum atomic E-state index is -0.0858. The summed E-state index contributed by atoms with van der Waals surface area (Å²) in [5.41, 5.74) is 0. The van der Waals surface area contributed by atoms with Crippen molar-refractivity contribution in [2.24, 2.45) is 5.92 Å². The van der Waals surface area contributed by atoms with E-state index >= 15 is 0 Å². The van der Waals surface area contributed by atoms with Gasteiger partial charge in [-0.3, -0.25) is 4.79 Å². The van der Waals surface area contributed by atoms with Gasteiger partial charge in [0.2, 0.25) is 5.91 Å². The van der Waals surface area contributed by atoms with E-state index in [1.807, 2.05) is 49.5 Å². The molecule has 1 amide bonds. The first-order valence-corrected chi connectivity index (χ1v) is 10.9. The van der Waals surface area contributed by atoms with Gasteiger partial charge in [0.25, 0.3) is 0 Å². The number of nitrogens with one attached hydrogen (secondary N) is 1. The summed E-state index contributed by atoms with van der Waals surface area (Å²) in [4.78, 5) is 23.5. The highest BCUT2D eigenvalue weighted by molar-refractivity contribution is 5.79. The van der Waals surface area contributed by atoms with Gasteiger partial charge in [-0.25, -0.2) is 14.6 Å². The average Bonchev–Trinajstić information content (AvgIpc) is 3.38. The Morgan fingerprint density at radius 3 is 2.69 bits per heavy atom. The van der Waals surface area contributed by atoms with Crippen LogP contribution in [-0.2, 0) is 4.79 Å². The Bertz CT molecular complexity index is 993. The highest BCUT2D eigenvalue weighted by Crippen LogP contribution is 2.23. The fourth-order valence-electron chi connectivity index (χ4n) is 3.73. The molecule has 1 aromatic carbocycles. The van der Waals surface area contributed by atoms with E-state index in [1.165, 1.54) is 6.33 Å². The summed E-state index contributed by atoms with van der Waals surface area (Å²) in [6, 6.07) is 11.2. The molecule has 1 fully saturated rings. The first kappa shape index (κ1) is 21.6. The monoisotopic (exact) mass is 436 g/mol. The van der Waals surface area contributed by atoms with Crippen molar-refractivity contribution in [1.82, 2.24) is 25.1 Å². The number of ether oxygens (including phenoxy) is 2. The van der Waals surface area contributed by atoms with E-state index in [0.29, 0.717) is 32.1 Å². The molecule has 1 aliphatic heterocycles. The first-order valence-electron chi connectivity index (χ1n) is 10.9.